The number of benzene rings is 2. The molecule has 1 aromatic heterocycles. The Morgan fingerprint density at radius 3 is 2.13 bits per heavy atom. The molecule has 6 heteroatoms. The van der Waals surface area contributed by atoms with Gasteiger partial charge in [0.25, 0.3) is 0 Å². The van der Waals surface area contributed by atoms with E-state index in [1.54, 1.807) is 7.05 Å². The number of thiazole rings is 1. The molecule has 3 rings (SSSR count). The van der Waals surface area contributed by atoms with E-state index in [-0.39, 0.29) is 0 Å². The third-order valence-corrected chi connectivity index (χ3v) is 4.48. The van der Waals surface area contributed by atoms with E-state index in [9.17, 15) is 13.2 Å². The van der Waals surface area contributed by atoms with Gasteiger partial charge in [0.1, 0.15) is 15.7 Å². The highest BCUT2D eigenvalue weighted by Crippen LogP contribution is 2.38. The average Bonchev–Trinajstić information content (AvgIpc) is 2.99. The molecule has 0 aliphatic heterocycles. The molecule has 2 aromatic carbocycles. The Kier molecular flexibility index (Phi) is 4.09. The maximum Gasteiger partial charge on any atom is 0.416 e. The van der Waals surface area contributed by atoms with Gasteiger partial charge >= 0.3 is 6.18 Å². The Balaban J connectivity index is 2.00. The molecule has 0 aliphatic rings. The summed E-state index contributed by atoms with van der Waals surface area (Å²) >= 11 is 1.42. The van der Waals surface area contributed by atoms with Gasteiger partial charge in [-0.2, -0.15) is 13.2 Å². The lowest BCUT2D eigenvalue weighted by Crippen LogP contribution is -2.03. The van der Waals surface area contributed by atoms with Gasteiger partial charge in [0.05, 0.1) is 5.56 Å². The fourth-order valence-corrected chi connectivity index (χ4v) is 3.15. The van der Waals surface area contributed by atoms with Crippen molar-refractivity contribution in [2.24, 2.45) is 0 Å². The van der Waals surface area contributed by atoms with Crippen molar-refractivity contribution in [3.8, 4) is 21.8 Å². The van der Waals surface area contributed by atoms with Crippen molar-refractivity contribution in [2.75, 3.05) is 12.4 Å². The predicted octanol–water partition coefficient (Wildman–Crippen LogP) is 5.54. The zero-order chi connectivity index (χ0) is 16.4. The predicted molar refractivity (Wildman–Crippen MR) is 87.5 cm³/mol. The highest BCUT2D eigenvalue weighted by atomic mass is 32.1. The van der Waals surface area contributed by atoms with E-state index in [1.165, 1.54) is 23.5 Å². The van der Waals surface area contributed by atoms with Crippen molar-refractivity contribution < 1.29 is 13.2 Å². The van der Waals surface area contributed by atoms with Gasteiger partial charge in [-0.15, -0.1) is 0 Å². The SMILES string of the molecule is CNc1sc(-c2ccc(C(F)(F)F)cc2)nc1-c1ccccc1. The van der Waals surface area contributed by atoms with Gasteiger partial charge < -0.3 is 5.32 Å². The lowest BCUT2D eigenvalue weighted by atomic mass is 10.1. The van der Waals surface area contributed by atoms with Crippen LogP contribution in [-0.4, -0.2) is 12.0 Å². The number of aromatic nitrogens is 1. The Bertz CT molecular complexity index is 793. The molecule has 0 unspecified atom stereocenters. The quantitative estimate of drug-likeness (QED) is 0.680. The molecule has 0 bridgehead atoms. The molecule has 0 saturated carbocycles. The summed E-state index contributed by atoms with van der Waals surface area (Å²) in [4.78, 5) is 4.59. The second-order valence-corrected chi connectivity index (χ2v) is 5.89. The van der Waals surface area contributed by atoms with Gasteiger partial charge in [-0.3, -0.25) is 0 Å². The fourth-order valence-electron chi connectivity index (χ4n) is 2.21. The van der Waals surface area contributed by atoms with E-state index in [0.717, 1.165) is 28.4 Å². The van der Waals surface area contributed by atoms with Crippen LogP contribution in [-0.2, 0) is 6.18 Å². The number of anilines is 1. The van der Waals surface area contributed by atoms with Crippen LogP contribution in [0.4, 0.5) is 18.2 Å². The van der Waals surface area contributed by atoms with Gasteiger partial charge in [-0.05, 0) is 12.1 Å². The molecular formula is C17H13F3N2S. The van der Waals surface area contributed by atoms with E-state index < -0.39 is 11.7 Å². The smallest absolute Gasteiger partial charge is 0.378 e. The molecule has 0 amide bonds. The largest absolute Gasteiger partial charge is 0.416 e. The fraction of sp³-hybridized carbons (Fsp3) is 0.118. The summed E-state index contributed by atoms with van der Waals surface area (Å²) in [6.07, 6.45) is -4.33. The first-order valence-corrected chi connectivity index (χ1v) is 7.72. The van der Waals surface area contributed by atoms with E-state index in [2.05, 4.69) is 10.3 Å². The summed E-state index contributed by atoms with van der Waals surface area (Å²) in [6.45, 7) is 0. The Morgan fingerprint density at radius 2 is 1.57 bits per heavy atom. The molecular weight excluding hydrogens is 321 g/mol. The van der Waals surface area contributed by atoms with Crippen molar-refractivity contribution in [2.45, 2.75) is 6.18 Å². The topological polar surface area (TPSA) is 24.9 Å². The summed E-state index contributed by atoms with van der Waals surface area (Å²) in [5.74, 6) is 0. The van der Waals surface area contributed by atoms with E-state index >= 15 is 0 Å². The number of alkyl halides is 3. The lowest BCUT2D eigenvalue weighted by molar-refractivity contribution is -0.137. The monoisotopic (exact) mass is 334 g/mol. The first-order valence-electron chi connectivity index (χ1n) is 6.90. The molecule has 1 heterocycles. The van der Waals surface area contributed by atoms with Crippen LogP contribution < -0.4 is 5.32 Å². The third kappa shape index (κ3) is 3.22. The summed E-state index contributed by atoms with van der Waals surface area (Å²) in [7, 11) is 1.80. The molecule has 23 heavy (non-hydrogen) atoms. The van der Waals surface area contributed by atoms with Gasteiger partial charge in [0.2, 0.25) is 0 Å². The number of nitrogens with zero attached hydrogens (tertiary/aromatic N) is 1. The molecule has 0 spiro atoms. The molecule has 3 aromatic rings. The van der Waals surface area contributed by atoms with Crippen molar-refractivity contribution in [3.05, 3.63) is 60.2 Å². The molecule has 1 N–H and O–H groups in total. The zero-order valence-electron chi connectivity index (χ0n) is 12.2. The number of hydrogen-bond acceptors (Lipinski definition) is 3. The zero-order valence-corrected chi connectivity index (χ0v) is 13.0. The molecule has 2 nitrogen and oxygen atoms in total. The highest BCUT2D eigenvalue weighted by molar-refractivity contribution is 7.19. The number of nitrogens with one attached hydrogen (secondary N) is 1. The van der Waals surface area contributed by atoms with Gasteiger partial charge in [-0.25, -0.2) is 4.98 Å². The van der Waals surface area contributed by atoms with Crippen molar-refractivity contribution in [1.29, 1.82) is 0 Å². The van der Waals surface area contributed by atoms with Crippen LogP contribution in [0.2, 0.25) is 0 Å². The third-order valence-electron chi connectivity index (χ3n) is 3.36. The van der Waals surface area contributed by atoms with Gasteiger partial charge in [-0.1, -0.05) is 53.8 Å². The first kappa shape index (κ1) is 15.6. The van der Waals surface area contributed by atoms with Gasteiger partial charge in [0.15, 0.2) is 0 Å². The summed E-state index contributed by atoms with van der Waals surface area (Å²) in [5, 5.41) is 4.66. The van der Waals surface area contributed by atoms with Crippen LogP contribution >= 0.6 is 11.3 Å². The standard InChI is InChI=1S/C17H13F3N2S/c1-21-16-14(11-5-3-2-4-6-11)22-15(23-16)12-7-9-13(10-8-12)17(18,19)20/h2-10,21H,1H3. The van der Waals surface area contributed by atoms with E-state index in [0.29, 0.717) is 10.6 Å². The van der Waals surface area contributed by atoms with Crippen LogP contribution in [0.25, 0.3) is 21.8 Å². The van der Waals surface area contributed by atoms with Crippen LogP contribution in [0.5, 0.6) is 0 Å². The second-order valence-electron chi connectivity index (χ2n) is 4.89. The van der Waals surface area contributed by atoms with Crippen molar-refractivity contribution in [1.82, 2.24) is 4.98 Å². The maximum atomic E-state index is 12.6. The minimum atomic E-state index is -4.33. The number of halogens is 3. The van der Waals surface area contributed by atoms with E-state index in [1.807, 2.05) is 30.3 Å². The first-order chi connectivity index (χ1) is 11.0. The minimum absolute atomic E-state index is 0.657. The normalized spacial score (nSPS) is 11.5. The van der Waals surface area contributed by atoms with Crippen LogP contribution in [0.1, 0.15) is 5.56 Å². The highest BCUT2D eigenvalue weighted by Gasteiger charge is 2.30. The number of rotatable bonds is 3. The molecule has 0 aliphatic carbocycles. The van der Waals surface area contributed by atoms with Crippen LogP contribution in [0, 0.1) is 0 Å². The van der Waals surface area contributed by atoms with Crippen LogP contribution in [0.3, 0.4) is 0 Å². The van der Waals surface area contributed by atoms with Crippen molar-refractivity contribution in [3.63, 3.8) is 0 Å². The van der Waals surface area contributed by atoms with Gasteiger partial charge in [0, 0.05) is 18.2 Å². The molecule has 0 radical (unpaired) electrons. The molecule has 118 valence electrons. The average molecular weight is 334 g/mol. The summed E-state index contributed by atoms with van der Waals surface area (Å²) in [5.41, 5.74) is 1.77. The van der Waals surface area contributed by atoms with Crippen molar-refractivity contribution >= 4 is 16.3 Å². The molecule has 0 atom stereocenters. The lowest BCUT2D eigenvalue weighted by Gasteiger charge is -2.06. The second kappa shape index (κ2) is 6.04. The summed E-state index contributed by atoms with van der Waals surface area (Å²) in [6, 6.07) is 14.7. The number of hydrogen-bond donors (Lipinski definition) is 1. The minimum Gasteiger partial charge on any atom is -0.378 e. The molecule has 0 saturated heterocycles. The van der Waals surface area contributed by atoms with E-state index in [4.69, 9.17) is 0 Å². The maximum absolute atomic E-state index is 12.6. The molecule has 0 fully saturated rings. The Labute approximate surface area is 135 Å². The van der Waals surface area contributed by atoms with Crippen LogP contribution in [0.15, 0.2) is 54.6 Å². The Hall–Kier alpha value is -2.34. The Morgan fingerprint density at radius 1 is 0.913 bits per heavy atom. The summed E-state index contributed by atoms with van der Waals surface area (Å²) < 4.78 is 37.9.